The van der Waals surface area contributed by atoms with Crippen LogP contribution in [0, 0.1) is 5.82 Å². The summed E-state index contributed by atoms with van der Waals surface area (Å²) in [6.45, 7) is -0.258. The van der Waals surface area contributed by atoms with E-state index in [4.69, 9.17) is 4.74 Å². The van der Waals surface area contributed by atoms with Crippen molar-refractivity contribution in [1.82, 2.24) is 9.55 Å². The molecule has 0 aliphatic rings. The largest absolute Gasteiger partial charge is 0.497 e. The Morgan fingerprint density at radius 1 is 1.21 bits per heavy atom. The minimum atomic E-state index is -0.538. The summed E-state index contributed by atoms with van der Waals surface area (Å²) in [6.07, 6.45) is 1.33. The Morgan fingerprint density at radius 2 is 1.97 bits per heavy atom. The Labute approximate surface area is 169 Å². The number of nitrogens with one attached hydrogen (secondary N) is 1. The molecule has 2 aromatic carbocycles. The van der Waals surface area contributed by atoms with Crippen LogP contribution in [0.1, 0.15) is 0 Å². The SMILES string of the molecule is COc1ccc(-c2cc3ncn(CC(=O)Nc4ccccc4F)c(=O)c3s2)cc1. The molecule has 0 aliphatic heterocycles. The molecule has 4 aromatic rings. The topological polar surface area (TPSA) is 73.2 Å². The molecule has 0 bridgehead atoms. The van der Waals surface area contributed by atoms with Gasteiger partial charge in [0.1, 0.15) is 22.8 Å². The summed E-state index contributed by atoms with van der Waals surface area (Å²) < 4.78 is 20.5. The molecule has 4 rings (SSSR count). The third-order valence-electron chi connectivity index (χ3n) is 4.34. The minimum Gasteiger partial charge on any atom is -0.497 e. The zero-order chi connectivity index (χ0) is 20.4. The summed E-state index contributed by atoms with van der Waals surface area (Å²) in [5, 5.41) is 2.47. The Balaban J connectivity index is 1.59. The van der Waals surface area contributed by atoms with Crippen LogP contribution in [0.2, 0.25) is 0 Å². The number of hydrogen-bond acceptors (Lipinski definition) is 5. The minimum absolute atomic E-state index is 0.0671. The zero-order valence-electron chi connectivity index (χ0n) is 15.4. The average Bonchev–Trinajstić information content (AvgIpc) is 3.17. The summed E-state index contributed by atoms with van der Waals surface area (Å²) in [7, 11) is 1.60. The number of benzene rings is 2. The normalized spacial score (nSPS) is 10.8. The molecule has 0 saturated heterocycles. The van der Waals surface area contributed by atoms with Gasteiger partial charge in [0.05, 0.1) is 24.6 Å². The molecule has 6 nitrogen and oxygen atoms in total. The molecular formula is C21H16FN3O3S. The molecule has 0 saturated carbocycles. The smallest absolute Gasteiger partial charge is 0.271 e. The van der Waals surface area contributed by atoms with E-state index in [0.717, 1.165) is 16.2 Å². The number of carbonyl (C=O) groups excluding carboxylic acids is 1. The summed E-state index contributed by atoms with van der Waals surface area (Å²) in [6, 6.07) is 15.2. The zero-order valence-corrected chi connectivity index (χ0v) is 16.2. The predicted molar refractivity (Wildman–Crippen MR) is 111 cm³/mol. The molecule has 146 valence electrons. The van der Waals surface area contributed by atoms with Crippen LogP contribution < -0.4 is 15.6 Å². The number of methoxy groups -OCH3 is 1. The van der Waals surface area contributed by atoms with Gasteiger partial charge >= 0.3 is 0 Å². The van der Waals surface area contributed by atoms with E-state index in [9.17, 15) is 14.0 Å². The monoisotopic (exact) mass is 409 g/mol. The van der Waals surface area contributed by atoms with Gasteiger partial charge in [0.15, 0.2) is 0 Å². The van der Waals surface area contributed by atoms with E-state index in [1.165, 1.54) is 40.4 Å². The molecule has 1 N–H and O–H groups in total. The molecule has 0 unspecified atom stereocenters. The molecule has 2 aromatic heterocycles. The van der Waals surface area contributed by atoms with Crippen LogP contribution in [0.25, 0.3) is 20.7 Å². The molecular weight excluding hydrogens is 393 g/mol. The molecule has 0 radical (unpaired) electrons. The first-order valence-electron chi connectivity index (χ1n) is 8.73. The first-order chi connectivity index (χ1) is 14.0. The summed E-state index contributed by atoms with van der Waals surface area (Å²) in [4.78, 5) is 30.2. The number of amides is 1. The number of hydrogen-bond donors (Lipinski definition) is 1. The van der Waals surface area contributed by atoms with E-state index >= 15 is 0 Å². The number of para-hydroxylation sites is 1. The van der Waals surface area contributed by atoms with Gasteiger partial charge in [0.25, 0.3) is 5.56 Å². The fourth-order valence-electron chi connectivity index (χ4n) is 2.86. The quantitative estimate of drug-likeness (QED) is 0.542. The fourth-order valence-corrected chi connectivity index (χ4v) is 3.93. The van der Waals surface area contributed by atoms with Gasteiger partial charge in [-0.1, -0.05) is 12.1 Å². The molecule has 29 heavy (non-hydrogen) atoms. The van der Waals surface area contributed by atoms with Crippen LogP contribution in [0.15, 0.2) is 65.7 Å². The number of rotatable bonds is 5. The van der Waals surface area contributed by atoms with Gasteiger partial charge in [-0.05, 0) is 48.0 Å². The second-order valence-electron chi connectivity index (χ2n) is 6.26. The van der Waals surface area contributed by atoms with E-state index in [0.29, 0.717) is 10.2 Å². The molecule has 8 heteroatoms. The number of nitrogens with zero attached hydrogens (tertiary/aromatic N) is 2. The van der Waals surface area contributed by atoms with Crippen LogP contribution in [-0.2, 0) is 11.3 Å². The summed E-state index contributed by atoms with van der Waals surface area (Å²) in [5.74, 6) is -0.300. The van der Waals surface area contributed by atoms with E-state index in [-0.39, 0.29) is 17.8 Å². The number of ether oxygens (including phenoxy) is 1. The highest BCUT2D eigenvalue weighted by Crippen LogP contribution is 2.31. The van der Waals surface area contributed by atoms with Gasteiger partial charge < -0.3 is 10.1 Å². The van der Waals surface area contributed by atoms with Gasteiger partial charge in [-0.25, -0.2) is 9.37 Å². The number of thiophene rings is 1. The second kappa shape index (κ2) is 7.84. The lowest BCUT2D eigenvalue weighted by Gasteiger charge is -2.07. The lowest BCUT2D eigenvalue weighted by Crippen LogP contribution is -2.27. The van der Waals surface area contributed by atoms with Crippen LogP contribution in [0.3, 0.4) is 0 Å². The van der Waals surface area contributed by atoms with Gasteiger partial charge in [-0.15, -0.1) is 11.3 Å². The average molecular weight is 409 g/mol. The Hall–Kier alpha value is -3.52. The van der Waals surface area contributed by atoms with Crippen LogP contribution in [0.5, 0.6) is 5.75 Å². The Bertz CT molecular complexity index is 1250. The van der Waals surface area contributed by atoms with Gasteiger partial charge in [0, 0.05) is 4.88 Å². The summed E-state index contributed by atoms with van der Waals surface area (Å²) in [5.41, 5.74) is 1.26. The van der Waals surface area contributed by atoms with Gasteiger partial charge in [0.2, 0.25) is 5.91 Å². The van der Waals surface area contributed by atoms with Crippen molar-refractivity contribution in [2.75, 3.05) is 12.4 Å². The third-order valence-corrected chi connectivity index (χ3v) is 5.50. The maximum Gasteiger partial charge on any atom is 0.271 e. The van der Waals surface area contributed by atoms with Crippen molar-refractivity contribution in [1.29, 1.82) is 0 Å². The fraction of sp³-hybridized carbons (Fsp3) is 0.0952. The standard InChI is InChI=1S/C21H16FN3O3S/c1-28-14-8-6-13(7-9-14)18-10-17-20(29-18)21(27)25(12-23-17)11-19(26)24-16-5-3-2-4-15(16)22/h2-10,12H,11H2,1H3,(H,24,26). The van der Waals surface area contributed by atoms with E-state index in [1.54, 1.807) is 13.2 Å². The van der Waals surface area contributed by atoms with Crippen LogP contribution in [-0.4, -0.2) is 22.6 Å². The van der Waals surface area contributed by atoms with Crippen molar-refractivity contribution in [3.63, 3.8) is 0 Å². The maximum absolute atomic E-state index is 13.7. The van der Waals surface area contributed by atoms with Gasteiger partial charge in [-0.2, -0.15) is 0 Å². The molecule has 0 spiro atoms. The lowest BCUT2D eigenvalue weighted by atomic mass is 10.2. The molecule has 2 heterocycles. The third kappa shape index (κ3) is 3.88. The summed E-state index contributed by atoms with van der Waals surface area (Å²) >= 11 is 1.31. The molecule has 1 amide bonds. The first kappa shape index (κ1) is 18.8. The van der Waals surface area contributed by atoms with E-state index < -0.39 is 11.7 Å². The Morgan fingerprint density at radius 3 is 2.69 bits per heavy atom. The number of halogens is 1. The highest BCUT2D eigenvalue weighted by molar-refractivity contribution is 7.22. The maximum atomic E-state index is 13.7. The van der Waals surface area contributed by atoms with Gasteiger partial charge in [-0.3, -0.25) is 14.2 Å². The molecule has 0 aliphatic carbocycles. The van der Waals surface area contributed by atoms with Crippen molar-refractivity contribution >= 4 is 33.1 Å². The van der Waals surface area contributed by atoms with E-state index in [1.807, 2.05) is 30.3 Å². The molecule has 0 atom stereocenters. The second-order valence-corrected chi connectivity index (χ2v) is 7.31. The van der Waals surface area contributed by atoms with Crippen LogP contribution in [0.4, 0.5) is 10.1 Å². The number of fused-ring (bicyclic) bond motifs is 1. The Kier molecular flexibility index (Phi) is 5.09. The lowest BCUT2D eigenvalue weighted by molar-refractivity contribution is -0.116. The highest BCUT2D eigenvalue weighted by atomic mass is 32.1. The number of anilines is 1. The number of aromatic nitrogens is 2. The van der Waals surface area contributed by atoms with Crippen molar-refractivity contribution in [2.45, 2.75) is 6.54 Å². The van der Waals surface area contributed by atoms with Crippen molar-refractivity contribution in [2.24, 2.45) is 0 Å². The molecule has 0 fully saturated rings. The highest BCUT2D eigenvalue weighted by Gasteiger charge is 2.13. The first-order valence-corrected chi connectivity index (χ1v) is 9.54. The van der Waals surface area contributed by atoms with Crippen molar-refractivity contribution in [3.05, 3.63) is 77.1 Å². The number of carbonyl (C=O) groups is 1. The predicted octanol–water partition coefficient (Wildman–Crippen LogP) is 3.91. The van der Waals surface area contributed by atoms with Crippen LogP contribution >= 0.6 is 11.3 Å². The van der Waals surface area contributed by atoms with Crippen molar-refractivity contribution < 1.29 is 13.9 Å². The van der Waals surface area contributed by atoms with Crippen molar-refractivity contribution in [3.8, 4) is 16.2 Å². The van der Waals surface area contributed by atoms with E-state index in [2.05, 4.69) is 10.3 Å².